The fraction of sp³-hybridized carbons (Fsp3) is 0.714. The van der Waals surface area contributed by atoms with Crippen LogP contribution < -0.4 is 10.2 Å². The summed E-state index contributed by atoms with van der Waals surface area (Å²) in [6.07, 6.45) is 2.00. The van der Waals surface area contributed by atoms with Crippen LogP contribution in [0.2, 0.25) is 0 Å². The largest absolute Gasteiger partial charge is 0.385 e. The van der Waals surface area contributed by atoms with Crippen molar-refractivity contribution in [2.75, 3.05) is 57.7 Å². The number of aromatic nitrogens is 4. The van der Waals surface area contributed by atoms with Gasteiger partial charge in [-0.05, 0) is 37.3 Å². The standard InChI is InChI=1S/C14H23N7O2/c1-20(2)10-5-7-21(9-10)14-13(15-6-4-8-22-3)16-11-12(17-14)19-23-18-11/h10H,4-9H2,1-3H3,(H,15,16,18). The molecule has 9 heteroatoms. The van der Waals surface area contributed by atoms with E-state index in [1.807, 2.05) is 0 Å². The van der Waals surface area contributed by atoms with Crippen LogP contribution >= 0.6 is 0 Å². The van der Waals surface area contributed by atoms with E-state index in [1.54, 1.807) is 7.11 Å². The molecule has 9 nitrogen and oxygen atoms in total. The topological polar surface area (TPSA) is 92.4 Å². The lowest BCUT2D eigenvalue weighted by atomic mass is 10.2. The van der Waals surface area contributed by atoms with Gasteiger partial charge < -0.3 is 19.9 Å². The van der Waals surface area contributed by atoms with Gasteiger partial charge in [-0.2, -0.15) is 0 Å². The van der Waals surface area contributed by atoms with Gasteiger partial charge in [-0.15, -0.1) is 0 Å². The Morgan fingerprint density at radius 3 is 2.78 bits per heavy atom. The fourth-order valence-corrected chi connectivity index (χ4v) is 2.75. The van der Waals surface area contributed by atoms with Crippen molar-refractivity contribution in [3.05, 3.63) is 0 Å². The number of nitrogens with one attached hydrogen (secondary N) is 1. The number of hydrogen-bond acceptors (Lipinski definition) is 9. The quantitative estimate of drug-likeness (QED) is 0.736. The van der Waals surface area contributed by atoms with Gasteiger partial charge in [0.2, 0.25) is 11.3 Å². The van der Waals surface area contributed by atoms with E-state index in [1.165, 1.54) is 0 Å². The average molecular weight is 321 g/mol. The molecular weight excluding hydrogens is 298 g/mol. The van der Waals surface area contributed by atoms with Crippen LogP contribution in [0.1, 0.15) is 12.8 Å². The molecule has 2 aromatic heterocycles. The molecular formula is C14H23N7O2. The van der Waals surface area contributed by atoms with Gasteiger partial charge in [0, 0.05) is 39.4 Å². The molecule has 3 rings (SSSR count). The first-order valence-corrected chi connectivity index (χ1v) is 7.83. The molecule has 1 fully saturated rings. The second-order valence-electron chi connectivity index (χ2n) is 5.93. The molecule has 1 aliphatic rings. The molecule has 0 radical (unpaired) electrons. The summed E-state index contributed by atoms with van der Waals surface area (Å²) in [4.78, 5) is 13.6. The van der Waals surface area contributed by atoms with E-state index in [0.717, 1.165) is 44.1 Å². The second-order valence-corrected chi connectivity index (χ2v) is 5.93. The number of ether oxygens (including phenoxy) is 1. The van der Waals surface area contributed by atoms with Crippen LogP contribution in [-0.4, -0.2) is 78.7 Å². The summed E-state index contributed by atoms with van der Waals surface area (Å²) in [5.74, 6) is 1.54. The highest BCUT2D eigenvalue weighted by Gasteiger charge is 2.28. The van der Waals surface area contributed by atoms with Crippen LogP contribution in [0.15, 0.2) is 4.63 Å². The van der Waals surface area contributed by atoms with E-state index in [0.29, 0.717) is 23.9 Å². The van der Waals surface area contributed by atoms with Crippen molar-refractivity contribution in [1.82, 2.24) is 25.2 Å². The molecule has 1 N–H and O–H groups in total. The Morgan fingerprint density at radius 1 is 1.30 bits per heavy atom. The third-order valence-corrected chi connectivity index (χ3v) is 4.11. The summed E-state index contributed by atoms with van der Waals surface area (Å²) in [6, 6.07) is 0.518. The summed E-state index contributed by atoms with van der Waals surface area (Å²) in [6.45, 7) is 3.33. The van der Waals surface area contributed by atoms with Crippen molar-refractivity contribution < 1.29 is 9.37 Å². The Bertz CT molecular complexity index is 645. The molecule has 3 heterocycles. The molecule has 0 saturated carbocycles. The number of methoxy groups -OCH3 is 1. The number of anilines is 2. The summed E-state index contributed by atoms with van der Waals surface area (Å²) < 4.78 is 9.82. The number of nitrogens with zero attached hydrogens (tertiary/aromatic N) is 6. The van der Waals surface area contributed by atoms with Gasteiger partial charge >= 0.3 is 0 Å². The Kier molecular flexibility index (Phi) is 4.87. The van der Waals surface area contributed by atoms with Crippen LogP contribution in [0.3, 0.4) is 0 Å². The highest BCUT2D eigenvalue weighted by atomic mass is 16.6. The molecule has 1 aliphatic heterocycles. The van der Waals surface area contributed by atoms with Gasteiger partial charge in [0.05, 0.1) is 0 Å². The first kappa shape index (κ1) is 15.9. The van der Waals surface area contributed by atoms with Gasteiger partial charge in [-0.1, -0.05) is 0 Å². The van der Waals surface area contributed by atoms with Crippen molar-refractivity contribution in [1.29, 1.82) is 0 Å². The maximum atomic E-state index is 5.08. The van der Waals surface area contributed by atoms with Crippen molar-refractivity contribution in [2.24, 2.45) is 0 Å². The minimum absolute atomic E-state index is 0.423. The maximum Gasteiger partial charge on any atom is 0.245 e. The molecule has 1 saturated heterocycles. The SMILES string of the molecule is COCCCNc1nc2nonc2nc1N1CCC(N(C)C)C1. The predicted molar refractivity (Wildman–Crippen MR) is 86.7 cm³/mol. The fourth-order valence-electron chi connectivity index (χ4n) is 2.75. The summed E-state index contributed by atoms with van der Waals surface area (Å²) in [5.41, 5.74) is 0.863. The smallest absolute Gasteiger partial charge is 0.245 e. The summed E-state index contributed by atoms with van der Waals surface area (Å²) >= 11 is 0. The number of hydrogen-bond donors (Lipinski definition) is 1. The van der Waals surface area contributed by atoms with Gasteiger partial charge in [-0.3, -0.25) is 0 Å². The van der Waals surface area contributed by atoms with Crippen LogP contribution in [0.5, 0.6) is 0 Å². The minimum atomic E-state index is 0.423. The third kappa shape index (κ3) is 3.50. The van der Waals surface area contributed by atoms with E-state index < -0.39 is 0 Å². The van der Waals surface area contributed by atoms with Gasteiger partial charge in [0.25, 0.3) is 0 Å². The highest BCUT2D eigenvalue weighted by molar-refractivity contribution is 5.74. The van der Waals surface area contributed by atoms with Crippen molar-refractivity contribution >= 4 is 22.9 Å². The zero-order chi connectivity index (χ0) is 16.2. The molecule has 1 unspecified atom stereocenters. The highest BCUT2D eigenvalue weighted by Crippen LogP contribution is 2.27. The Labute approximate surface area is 135 Å². The van der Waals surface area contributed by atoms with E-state index in [-0.39, 0.29) is 0 Å². The van der Waals surface area contributed by atoms with Crippen LogP contribution in [-0.2, 0) is 4.74 Å². The van der Waals surface area contributed by atoms with Gasteiger partial charge in [0.15, 0.2) is 11.6 Å². The van der Waals surface area contributed by atoms with Crippen molar-refractivity contribution in [2.45, 2.75) is 18.9 Å². The van der Waals surface area contributed by atoms with E-state index >= 15 is 0 Å². The lowest BCUT2D eigenvalue weighted by Gasteiger charge is -2.22. The normalized spacial score (nSPS) is 18.3. The van der Waals surface area contributed by atoms with E-state index in [9.17, 15) is 0 Å². The lowest BCUT2D eigenvalue weighted by molar-refractivity contribution is 0.198. The van der Waals surface area contributed by atoms with Crippen LogP contribution in [0, 0.1) is 0 Å². The van der Waals surface area contributed by atoms with E-state index in [4.69, 9.17) is 9.37 Å². The molecule has 0 aromatic carbocycles. The number of likely N-dealkylation sites (N-methyl/N-ethyl adjacent to an activating group) is 1. The lowest BCUT2D eigenvalue weighted by Crippen LogP contribution is -2.32. The molecule has 0 amide bonds. The molecule has 0 spiro atoms. The van der Waals surface area contributed by atoms with Gasteiger partial charge in [0.1, 0.15) is 0 Å². The zero-order valence-corrected chi connectivity index (χ0v) is 13.8. The zero-order valence-electron chi connectivity index (χ0n) is 13.8. The van der Waals surface area contributed by atoms with Gasteiger partial charge in [-0.25, -0.2) is 14.6 Å². The first-order valence-electron chi connectivity index (χ1n) is 7.83. The first-order chi connectivity index (χ1) is 11.2. The maximum absolute atomic E-state index is 5.08. The molecule has 23 heavy (non-hydrogen) atoms. The Morgan fingerprint density at radius 2 is 2.09 bits per heavy atom. The predicted octanol–water partition coefficient (Wildman–Crippen LogP) is 0.601. The average Bonchev–Trinajstić information content (AvgIpc) is 3.19. The van der Waals surface area contributed by atoms with Crippen molar-refractivity contribution in [3.8, 4) is 0 Å². The Hall–Kier alpha value is -2.00. The Balaban J connectivity index is 1.81. The molecule has 2 aromatic rings. The second kappa shape index (κ2) is 7.05. The molecule has 0 aliphatic carbocycles. The summed E-state index contributed by atoms with van der Waals surface area (Å²) in [5, 5.41) is 10.9. The van der Waals surface area contributed by atoms with Crippen molar-refractivity contribution in [3.63, 3.8) is 0 Å². The molecule has 0 bridgehead atoms. The van der Waals surface area contributed by atoms with Crippen LogP contribution in [0.25, 0.3) is 11.3 Å². The summed E-state index contributed by atoms with van der Waals surface area (Å²) in [7, 11) is 5.91. The number of rotatable bonds is 7. The van der Waals surface area contributed by atoms with Crippen LogP contribution in [0.4, 0.5) is 11.6 Å². The third-order valence-electron chi connectivity index (χ3n) is 4.11. The number of fused-ring (bicyclic) bond motifs is 1. The molecule has 1 atom stereocenters. The minimum Gasteiger partial charge on any atom is -0.385 e. The van der Waals surface area contributed by atoms with E-state index in [2.05, 4.69) is 49.5 Å². The monoisotopic (exact) mass is 321 g/mol. The molecule has 126 valence electrons.